The second kappa shape index (κ2) is 5.46. The maximum atomic E-state index is 12.3. The summed E-state index contributed by atoms with van der Waals surface area (Å²) < 4.78 is 30.3. The highest BCUT2D eigenvalue weighted by atomic mass is 19.3. The number of alkyl halides is 2. The summed E-state index contributed by atoms with van der Waals surface area (Å²) in [6.07, 6.45) is -2.34. The molecule has 5 heteroatoms. The molecule has 1 heterocycles. The zero-order chi connectivity index (χ0) is 13.1. The molecule has 0 aliphatic heterocycles. The highest BCUT2D eigenvalue weighted by Gasteiger charge is 2.16. The lowest BCUT2D eigenvalue weighted by Crippen LogP contribution is -2.24. The van der Waals surface area contributed by atoms with Crippen LogP contribution in [0.3, 0.4) is 0 Å². The molecule has 1 aromatic heterocycles. The van der Waals surface area contributed by atoms with Crippen molar-refractivity contribution in [2.75, 3.05) is 13.6 Å². The van der Waals surface area contributed by atoms with Crippen LogP contribution in [0.2, 0.25) is 0 Å². The largest absolute Gasteiger partial charge is 0.459 e. The lowest BCUT2D eigenvalue weighted by molar-refractivity contribution is 0.0974. The van der Waals surface area contributed by atoms with Crippen molar-refractivity contribution in [1.82, 2.24) is 4.90 Å². The maximum absolute atomic E-state index is 12.3. The fourth-order valence-electron chi connectivity index (χ4n) is 2.06. The molecule has 0 atom stereocenters. The van der Waals surface area contributed by atoms with Gasteiger partial charge in [0.25, 0.3) is 6.43 Å². The van der Waals surface area contributed by atoms with Crippen molar-refractivity contribution in [1.29, 1.82) is 0 Å². The number of benzene rings is 1. The van der Waals surface area contributed by atoms with Crippen LogP contribution < -0.4 is 5.73 Å². The Morgan fingerprint density at radius 3 is 2.72 bits per heavy atom. The van der Waals surface area contributed by atoms with Crippen LogP contribution in [0, 0.1) is 0 Å². The first-order valence-electron chi connectivity index (χ1n) is 5.78. The van der Waals surface area contributed by atoms with Crippen molar-refractivity contribution >= 4 is 11.0 Å². The third-order valence-corrected chi connectivity index (χ3v) is 2.85. The molecule has 2 rings (SSSR count). The predicted molar refractivity (Wildman–Crippen MR) is 66.4 cm³/mol. The van der Waals surface area contributed by atoms with E-state index in [0.717, 1.165) is 16.5 Å². The van der Waals surface area contributed by atoms with Crippen LogP contribution in [-0.4, -0.2) is 24.9 Å². The number of nitrogens with zero attached hydrogens (tertiary/aromatic N) is 1. The van der Waals surface area contributed by atoms with Crippen molar-refractivity contribution in [2.45, 2.75) is 19.5 Å². The average molecular weight is 254 g/mol. The lowest BCUT2D eigenvalue weighted by atomic mass is 10.1. The number of fused-ring (bicyclic) bond motifs is 1. The molecule has 18 heavy (non-hydrogen) atoms. The Hall–Kier alpha value is -1.46. The van der Waals surface area contributed by atoms with Gasteiger partial charge in [-0.1, -0.05) is 18.2 Å². The van der Waals surface area contributed by atoms with Crippen LogP contribution in [-0.2, 0) is 13.1 Å². The molecule has 0 amide bonds. The van der Waals surface area contributed by atoms with Crippen LogP contribution in [0.25, 0.3) is 11.0 Å². The van der Waals surface area contributed by atoms with Gasteiger partial charge < -0.3 is 10.2 Å². The van der Waals surface area contributed by atoms with Gasteiger partial charge in [0, 0.05) is 17.5 Å². The molecule has 0 bridgehead atoms. The number of furan rings is 1. The van der Waals surface area contributed by atoms with Gasteiger partial charge in [0.15, 0.2) is 0 Å². The number of rotatable bonds is 5. The first-order chi connectivity index (χ1) is 8.61. The number of para-hydroxylation sites is 1. The molecule has 0 radical (unpaired) electrons. The van der Waals surface area contributed by atoms with E-state index in [2.05, 4.69) is 0 Å². The van der Waals surface area contributed by atoms with Crippen LogP contribution in [0.15, 0.2) is 28.7 Å². The minimum atomic E-state index is -2.34. The lowest BCUT2D eigenvalue weighted by Gasteiger charge is -2.15. The SMILES string of the molecule is CN(Cc1c(CN)oc2ccccc12)CC(F)F. The molecule has 0 saturated heterocycles. The Morgan fingerprint density at radius 2 is 2.06 bits per heavy atom. The third-order valence-electron chi connectivity index (χ3n) is 2.85. The molecule has 0 spiro atoms. The molecule has 3 nitrogen and oxygen atoms in total. The molecule has 0 saturated carbocycles. The summed E-state index contributed by atoms with van der Waals surface area (Å²) in [7, 11) is 1.66. The quantitative estimate of drug-likeness (QED) is 0.891. The Morgan fingerprint density at radius 1 is 1.33 bits per heavy atom. The summed E-state index contributed by atoms with van der Waals surface area (Å²) in [5, 5.41) is 0.944. The fourth-order valence-corrected chi connectivity index (χ4v) is 2.06. The minimum absolute atomic E-state index is 0.260. The predicted octanol–water partition coefficient (Wildman–Crippen LogP) is 2.59. The molecule has 2 N–H and O–H groups in total. The topological polar surface area (TPSA) is 42.4 Å². The smallest absolute Gasteiger partial charge is 0.251 e. The normalized spacial score (nSPS) is 11.9. The van der Waals surface area contributed by atoms with E-state index in [0.29, 0.717) is 12.3 Å². The molecular weight excluding hydrogens is 238 g/mol. The van der Waals surface area contributed by atoms with E-state index in [1.165, 1.54) is 0 Å². The van der Waals surface area contributed by atoms with Gasteiger partial charge in [0.05, 0.1) is 13.1 Å². The Kier molecular flexibility index (Phi) is 3.93. The van der Waals surface area contributed by atoms with E-state index in [4.69, 9.17) is 10.2 Å². The first-order valence-corrected chi connectivity index (χ1v) is 5.78. The third kappa shape index (κ3) is 2.68. The van der Waals surface area contributed by atoms with Gasteiger partial charge in [-0.25, -0.2) is 8.78 Å². The zero-order valence-electron chi connectivity index (χ0n) is 10.2. The number of hydrogen-bond acceptors (Lipinski definition) is 3. The van der Waals surface area contributed by atoms with E-state index in [1.54, 1.807) is 11.9 Å². The van der Waals surface area contributed by atoms with Crippen LogP contribution in [0.1, 0.15) is 11.3 Å². The van der Waals surface area contributed by atoms with Gasteiger partial charge in [0.2, 0.25) is 0 Å². The highest BCUT2D eigenvalue weighted by molar-refractivity contribution is 5.82. The summed E-state index contributed by atoms with van der Waals surface area (Å²) in [6.45, 7) is 0.421. The van der Waals surface area contributed by atoms with Gasteiger partial charge in [-0.15, -0.1) is 0 Å². The van der Waals surface area contributed by atoms with Gasteiger partial charge in [-0.3, -0.25) is 4.90 Å². The standard InChI is InChI=1S/C13H16F2N2O/c1-17(8-13(14)15)7-10-9-4-2-3-5-11(9)18-12(10)6-16/h2-5,13H,6-8,16H2,1H3. The average Bonchev–Trinajstić information content (AvgIpc) is 2.66. The van der Waals surface area contributed by atoms with Crippen LogP contribution >= 0.6 is 0 Å². The van der Waals surface area contributed by atoms with Crippen molar-refractivity contribution in [3.8, 4) is 0 Å². The molecule has 0 fully saturated rings. The van der Waals surface area contributed by atoms with Gasteiger partial charge in [-0.2, -0.15) is 0 Å². The minimum Gasteiger partial charge on any atom is -0.459 e. The Labute approximate surface area is 104 Å². The van der Waals surface area contributed by atoms with Crippen molar-refractivity contribution in [3.63, 3.8) is 0 Å². The van der Waals surface area contributed by atoms with Crippen molar-refractivity contribution in [2.24, 2.45) is 5.73 Å². The van der Waals surface area contributed by atoms with Crippen molar-refractivity contribution in [3.05, 3.63) is 35.6 Å². The number of hydrogen-bond donors (Lipinski definition) is 1. The summed E-state index contributed by atoms with van der Waals surface area (Å²) >= 11 is 0. The highest BCUT2D eigenvalue weighted by Crippen LogP contribution is 2.26. The maximum Gasteiger partial charge on any atom is 0.251 e. The number of nitrogens with two attached hydrogens (primary N) is 1. The summed E-state index contributed by atoms with van der Waals surface area (Å²) in [6, 6.07) is 7.54. The van der Waals surface area contributed by atoms with Crippen LogP contribution in [0.5, 0.6) is 0 Å². The van der Waals surface area contributed by atoms with E-state index in [-0.39, 0.29) is 13.1 Å². The molecule has 0 aliphatic carbocycles. The molecular formula is C13H16F2N2O. The first kappa shape index (κ1) is 13.0. The molecule has 0 aliphatic rings. The fraction of sp³-hybridized carbons (Fsp3) is 0.385. The second-order valence-corrected chi connectivity index (χ2v) is 4.29. The second-order valence-electron chi connectivity index (χ2n) is 4.29. The van der Waals surface area contributed by atoms with E-state index < -0.39 is 6.43 Å². The van der Waals surface area contributed by atoms with Gasteiger partial charge in [0.1, 0.15) is 11.3 Å². The molecule has 98 valence electrons. The Balaban J connectivity index is 2.30. The molecule has 2 aromatic rings. The molecule has 1 aromatic carbocycles. The van der Waals surface area contributed by atoms with E-state index in [9.17, 15) is 8.78 Å². The number of halogens is 2. The monoisotopic (exact) mass is 254 g/mol. The van der Waals surface area contributed by atoms with Gasteiger partial charge in [-0.05, 0) is 13.1 Å². The summed E-state index contributed by atoms with van der Waals surface area (Å²) in [4.78, 5) is 1.57. The van der Waals surface area contributed by atoms with Gasteiger partial charge >= 0.3 is 0 Å². The zero-order valence-corrected chi connectivity index (χ0v) is 10.2. The van der Waals surface area contributed by atoms with E-state index >= 15 is 0 Å². The summed E-state index contributed by atoms with van der Waals surface area (Å²) in [5.41, 5.74) is 7.28. The summed E-state index contributed by atoms with van der Waals surface area (Å²) in [5.74, 6) is 0.664. The van der Waals surface area contributed by atoms with E-state index in [1.807, 2.05) is 24.3 Å². The van der Waals surface area contributed by atoms with Crippen LogP contribution in [0.4, 0.5) is 8.78 Å². The Bertz CT molecular complexity index is 525. The van der Waals surface area contributed by atoms with Crippen molar-refractivity contribution < 1.29 is 13.2 Å². The molecule has 0 unspecified atom stereocenters.